The summed E-state index contributed by atoms with van der Waals surface area (Å²) in [5.74, 6) is 0.589. The number of aryl methyl sites for hydroxylation is 3. The lowest BCUT2D eigenvalue weighted by atomic mass is 9.96. The summed E-state index contributed by atoms with van der Waals surface area (Å²) in [7, 11) is 0. The highest BCUT2D eigenvalue weighted by molar-refractivity contribution is 5.39. The lowest BCUT2D eigenvalue weighted by Gasteiger charge is -2.14. The van der Waals surface area contributed by atoms with Crippen LogP contribution in [0.4, 0.5) is 0 Å². The van der Waals surface area contributed by atoms with Crippen molar-refractivity contribution in [1.82, 2.24) is 0 Å². The van der Waals surface area contributed by atoms with Gasteiger partial charge in [0.1, 0.15) is 11.9 Å². The smallest absolute Gasteiger partial charge is 0.137 e. The van der Waals surface area contributed by atoms with Gasteiger partial charge in [0.05, 0.1) is 6.26 Å². The highest BCUT2D eigenvalue weighted by atomic mass is 16.4. The maximum Gasteiger partial charge on any atom is 0.137 e. The third-order valence-electron chi connectivity index (χ3n) is 2.99. The molecule has 0 spiro atoms. The first kappa shape index (κ1) is 11.0. The van der Waals surface area contributed by atoms with Crippen LogP contribution in [0.2, 0.25) is 0 Å². The Morgan fingerprint density at radius 2 is 1.75 bits per heavy atom. The molecule has 0 amide bonds. The van der Waals surface area contributed by atoms with Crippen molar-refractivity contribution in [3.63, 3.8) is 0 Å². The van der Waals surface area contributed by atoms with Crippen LogP contribution in [0.5, 0.6) is 0 Å². The fraction of sp³-hybridized carbons (Fsp3) is 0.286. The van der Waals surface area contributed by atoms with E-state index in [2.05, 4.69) is 13.0 Å². The third-order valence-corrected chi connectivity index (χ3v) is 2.99. The van der Waals surface area contributed by atoms with Crippen molar-refractivity contribution >= 4 is 0 Å². The number of rotatable bonds is 2. The molecule has 1 unspecified atom stereocenters. The quantitative estimate of drug-likeness (QED) is 0.835. The van der Waals surface area contributed by atoms with Gasteiger partial charge in [-0.3, -0.25) is 0 Å². The Hall–Kier alpha value is -1.54. The highest BCUT2D eigenvalue weighted by Gasteiger charge is 2.16. The van der Waals surface area contributed by atoms with Gasteiger partial charge in [0, 0.05) is 0 Å². The van der Waals surface area contributed by atoms with Gasteiger partial charge in [-0.15, -0.1) is 0 Å². The molecule has 84 valence electrons. The molecule has 16 heavy (non-hydrogen) atoms. The van der Waals surface area contributed by atoms with Crippen molar-refractivity contribution in [2.24, 2.45) is 0 Å². The molecule has 1 aromatic carbocycles. The summed E-state index contributed by atoms with van der Waals surface area (Å²) in [5.41, 5.74) is 4.43. The molecule has 0 saturated heterocycles. The zero-order valence-electron chi connectivity index (χ0n) is 9.82. The van der Waals surface area contributed by atoms with Crippen LogP contribution in [0.1, 0.15) is 34.1 Å². The molecule has 0 saturated carbocycles. The second-order valence-corrected chi connectivity index (χ2v) is 4.21. The van der Waals surface area contributed by atoms with Crippen molar-refractivity contribution in [3.05, 3.63) is 58.5 Å². The van der Waals surface area contributed by atoms with Crippen molar-refractivity contribution < 1.29 is 9.52 Å². The molecule has 1 aromatic heterocycles. The van der Waals surface area contributed by atoms with Gasteiger partial charge in [-0.25, -0.2) is 0 Å². The molecule has 1 heterocycles. The van der Waals surface area contributed by atoms with Crippen molar-refractivity contribution in [1.29, 1.82) is 0 Å². The van der Waals surface area contributed by atoms with Crippen LogP contribution in [0.3, 0.4) is 0 Å². The van der Waals surface area contributed by atoms with E-state index in [1.807, 2.05) is 19.9 Å². The molecule has 2 aromatic rings. The van der Waals surface area contributed by atoms with Gasteiger partial charge in [-0.2, -0.15) is 0 Å². The van der Waals surface area contributed by atoms with Crippen LogP contribution >= 0.6 is 0 Å². The Morgan fingerprint density at radius 3 is 2.38 bits per heavy atom. The van der Waals surface area contributed by atoms with Gasteiger partial charge >= 0.3 is 0 Å². The number of benzene rings is 1. The summed E-state index contributed by atoms with van der Waals surface area (Å²) in [6.07, 6.45) is 0.906. The summed E-state index contributed by atoms with van der Waals surface area (Å²) < 4.78 is 5.22. The van der Waals surface area contributed by atoms with E-state index in [0.29, 0.717) is 5.76 Å². The first-order valence-electron chi connectivity index (χ1n) is 5.39. The Balaban J connectivity index is 2.44. The van der Waals surface area contributed by atoms with E-state index in [4.69, 9.17) is 4.42 Å². The molecule has 0 fully saturated rings. The maximum absolute atomic E-state index is 10.2. The molecule has 2 nitrogen and oxygen atoms in total. The van der Waals surface area contributed by atoms with Crippen molar-refractivity contribution in [2.75, 3.05) is 0 Å². The number of furan rings is 1. The second-order valence-electron chi connectivity index (χ2n) is 4.21. The van der Waals surface area contributed by atoms with Crippen LogP contribution in [0, 0.1) is 20.8 Å². The average Bonchev–Trinajstić information content (AvgIpc) is 2.75. The molecule has 1 N–H and O–H groups in total. The number of hydrogen-bond donors (Lipinski definition) is 1. The monoisotopic (exact) mass is 216 g/mol. The Morgan fingerprint density at radius 1 is 1.06 bits per heavy atom. The fourth-order valence-corrected chi connectivity index (χ4v) is 1.88. The van der Waals surface area contributed by atoms with Crippen LogP contribution < -0.4 is 0 Å². The van der Waals surface area contributed by atoms with Crippen LogP contribution in [-0.2, 0) is 0 Å². The van der Waals surface area contributed by atoms with Crippen LogP contribution in [0.15, 0.2) is 34.9 Å². The maximum atomic E-state index is 10.2. The Kier molecular flexibility index (Phi) is 2.84. The lowest BCUT2D eigenvalue weighted by molar-refractivity contribution is 0.188. The van der Waals surface area contributed by atoms with Gasteiger partial charge in [0.25, 0.3) is 0 Å². The summed E-state index contributed by atoms with van der Waals surface area (Å²) in [6.45, 7) is 6.13. The SMILES string of the molecule is Cc1cc(C)c(C(O)c2ccco2)cc1C. The van der Waals surface area contributed by atoms with Gasteiger partial charge in [0.2, 0.25) is 0 Å². The van der Waals surface area contributed by atoms with Crippen molar-refractivity contribution in [2.45, 2.75) is 26.9 Å². The predicted octanol–water partition coefficient (Wildman–Crippen LogP) is 3.29. The van der Waals surface area contributed by atoms with E-state index < -0.39 is 6.10 Å². The number of aliphatic hydroxyl groups excluding tert-OH is 1. The molecular weight excluding hydrogens is 200 g/mol. The molecule has 1 atom stereocenters. The fourth-order valence-electron chi connectivity index (χ4n) is 1.88. The zero-order valence-corrected chi connectivity index (χ0v) is 9.82. The zero-order chi connectivity index (χ0) is 11.7. The molecule has 0 radical (unpaired) electrons. The van der Waals surface area contributed by atoms with Gasteiger partial charge in [-0.1, -0.05) is 12.1 Å². The number of hydrogen-bond acceptors (Lipinski definition) is 2. The average molecular weight is 216 g/mol. The van der Waals surface area contributed by atoms with Gasteiger partial charge in [-0.05, 0) is 55.2 Å². The standard InChI is InChI=1S/C14H16O2/c1-9-7-11(3)12(8-10(9)2)14(15)13-5-4-6-16-13/h4-8,14-15H,1-3H3. The van der Waals surface area contributed by atoms with Crippen LogP contribution in [-0.4, -0.2) is 5.11 Å². The minimum Gasteiger partial charge on any atom is -0.466 e. The van der Waals surface area contributed by atoms with Gasteiger partial charge in [0.15, 0.2) is 0 Å². The molecule has 0 aliphatic rings. The summed E-state index contributed by atoms with van der Waals surface area (Å²) >= 11 is 0. The first-order chi connectivity index (χ1) is 7.59. The summed E-state index contributed by atoms with van der Waals surface area (Å²) in [6, 6.07) is 7.70. The molecular formula is C14H16O2. The number of aliphatic hydroxyl groups is 1. The highest BCUT2D eigenvalue weighted by Crippen LogP contribution is 2.27. The van der Waals surface area contributed by atoms with Crippen LogP contribution in [0.25, 0.3) is 0 Å². The third kappa shape index (κ3) is 1.89. The minimum absolute atomic E-state index is 0.589. The van der Waals surface area contributed by atoms with E-state index in [9.17, 15) is 5.11 Å². The van der Waals surface area contributed by atoms with Gasteiger partial charge < -0.3 is 9.52 Å². The molecule has 2 rings (SSSR count). The minimum atomic E-state index is -0.672. The molecule has 0 aliphatic carbocycles. The van der Waals surface area contributed by atoms with E-state index >= 15 is 0 Å². The van der Waals surface area contributed by atoms with E-state index in [-0.39, 0.29) is 0 Å². The van der Waals surface area contributed by atoms with E-state index in [1.54, 1.807) is 18.4 Å². The molecule has 0 aliphatic heterocycles. The first-order valence-corrected chi connectivity index (χ1v) is 5.39. The van der Waals surface area contributed by atoms with E-state index in [0.717, 1.165) is 11.1 Å². The topological polar surface area (TPSA) is 33.4 Å². The summed E-state index contributed by atoms with van der Waals surface area (Å²) in [4.78, 5) is 0. The second kappa shape index (κ2) is 4.14. The van der Waals surface area contributed by atoms with Crippen molar-refractivity contribution in [3.8, 4) is 0 Å². The van der Waals surface area contributed by atoms with E-state index in [1.165, 1.54) is 11.1 Å². The molecule has 0 bridgehead atoms. The molecule has 2 heteroatoms. The predicted molar refractivity (Wildman–Crippen MR) is 63.4 cm³/mol. The summed E-state index contributed by atoms with van der Waals surface area (Å²) in [5, 5.41) is 10.2. The Bertz CT molecular complexity index is 484. The Labute approximate surface area is 95.5 Å². The lowest BCUT2D eigenvalue weighted by Crippen LogP contribution is -2.02. The normalized spacial score (nSPS) is 12.8. The largest absolute Gasteiger partial charge is 0.466 e.